The number of amides is 2. The molecule has 11 nitrogen and oxygen atoms in total. The molecule has 3 aromatic carbocycles. The normalized spacial score (nSPS) is 14.2. The predicted octanol–water partition coefficient (Wildman–Crippen LogP) is 4.24. The summed E-state index contributed by atoms with van der Waals surface area (Å²) >= 11 is 0. The summed E-state index contributed by atoms with van der Waals surface area (Å²) in [7, 11) is 0. The van der Waals surface area contributed by atoms with Crippen LogP contribution in [0.1, 0.15) is 0 Å². The quantitative estimate of drug-likeness (QED) is 0.187. The van der Waals surface area contributed by atoms with Crippen LogP contribution in [0.25, 0.3) is 0 Å². The Balaban J connectivity index is 1.74. The van der Waals surface area contributed by atoms with Crippen LogP contribution in [-0.4, -0.2) is 43.2 Å². The Labute approximate surface area is 224 Å². The molecule has 0 saturated carbocycles. The second-order valence-corrected chi connectivity index (χ2v) is 7.98. The summed E-state index contributed by atoms with van der Waals surface area (Å²) < 4.78 is 105. The summed E-state index contributed by atoms with van der Waals surface area (Å²) in [4.78, 5) is 35.2. The molecule has 4 rings (SSSR count). The minimum atomic E-state index is -1.96. The van der Waals surface area contributed by atoms with E-state index in [1.165, 1.54) is 0 Å². The summed E-state index contributed by atoms with van der Waals surface area (Å²) in [5.74, 6) is -15.5. The van der Waals surface area contributed by atoms with Gasteiger partial charge in [-0.2, -0.15) is 0 Å². The highest BCUT2D eigenvalue weighted by Gasteiger charge is 2.25. The number of anilines is 2. The van der Waals surface area contributed by atoms with Crippen LogP contribution in [0.15, 0.2) is 30.3 Å². The monoisotopic (exact) mass is 587 g/mol. The number of nitro groups is 1. The van der Waals surface area contributed by atoms with Gasteiger partial charge in [0.05, 0.1) is 11.0 Å². The Morgan fingerprint density at radius 1 is 0.634 bits per heavy atom. The first-order valence-corrected chi connectivity index (χ1v) is 11.2. The zero-order chi connectivity index (χ0) is 29.8. The van der Waals surface area contributed by atoms with Crippen molar-refractivity contribution in [2.24, 2.45) is 0 Å². The number of carbonyl (C=O) groups excluding carboxylic acids is 2. The van der Waals surface area contributed by atoms with Gasteiger partial charge in [0.15, 0.2) is 59.6 Å². The third-order valence-corrected chi connectivity index (χ3v) is 5.24. The first-order valence-electron chi connectivity index (χ1n) is 11.2. The van der Waals surface area contributed by atoms with Crippen molar-refractivity contribution in [2.45, 2.75) is 0 Å². The molecule has 17 heteroatoms. The number of rotatable bonds is 1. The minimum Gasteiger partial charge on any atom is -0.488 e. The van der Waals surface area contributed by atoms with E-state index in [0.717, 1.165) is 18.2 Å². The van der Waals surface area contributed by atoms with Crippen LogP contribution in [0.4, 0.5) is 43.4 Å². The van der Waals surface area contributed by atoms with E-state index in [-0.39, 0.29) is 5.75 Å². The van der Waals surface area contributed by atoms with Gasteiger partial charge in [-0.3, -0.25) is 19.7 Å². The number of non-ortho nitro benzene ring substituents is 1. The zero-order valence-electron chi connectivity index (χ0n) is 20.2. The lowest BCUT2D eigenvalue weighted by molar-refractivity contribution is -0.385. The average Bonchev–Trinajstić information content (AvgIpc) is 2.94. The van der Waals surface area contributed by atoms with Gasteiger partial charge in [0.25, 0.3) is 17.5 Å². The fourth-order valence-corrected chi connectivity index (χ4v) is 3.39. The van der Waals surface area contributed by atoms with Crippen LogP contribution in [0, 0.1) is 45.0 Å². The molecule has 41 heavy (non-hydrogen) atoms. The number of hydrogen-bond acceptors (Lipinski definition) is 8. The van der Waals surface area contributed by atoms with Crippen molar-refractivity contribution >= 4 is 28.9 Å². The van der Waals surface area contributed by atoms with Crippen molar-refractivity contribution in [1.29, 1.82) is 0 Å². The summed E-state index contributed by atoms with van der Waals surface area (Å²) in [5.41, 5.74) is -2.43. The highest BCUT2D eigenvalue weighted by atomic mass is 19.2. The summed E-state index contributed by atoms with van der Waals surface area (Å²) in [6, 6.07) is 3.55. The van der Waals surface area contributed by atoms with Gasteiger partial charge in [-0.25, -0.2) is 26.3 Å². The molecule has 0 aliphatic carbocycles. The molecule has 0 spiro atoms. The van der Waals surface area contributed by atoms with E-state index in [2.05, 4.69) is 0 Å². The van der Waals surface area contributed by atoms with Crippen molar-refractivity contribution < 1.29 is 59.8 Å². The van der Waals surface area contributed by atoms with Gasteiger partial charge >= 0.3 is 0 Å². The van der Waals surface area contributed by atoms with Crippen molar-refractivity contribution in [1.82, 2.24) is 0 Å². The molecule has 0 bridgehead atoms. The molecular weight excluding hydrogens is 572 g/mol. The largest absolute Gasteiger partial charge is 0.488 e. The Morgan fingerprint density at radius 2 is 1.10 bits per heavy atom. The van der Waals surface area contributed by atoms with E-state index in [1.807, 2.05) is 10.6 Å². The molecule has 0 unspecified atom stereocenters. The number of hydrogen-bond donors (Lipinski definition) is 2. The highest BCUT2D eigenvalue weighted by Crippen LogP contribution is 2.35. The first kappa shape index (κ1) is 28.8. The number of nitrogens with zero attached hydrogens (tertiary/aromatic N) is 1. The van der Waals surface area contributed by atoms with E-state index in [9.17, 15) is 46.0 Å². The number of ether oxygens (including phenoxy) is 4. The summed E-state index contributed by atoms with van der Waals surface area (Å²) in [6.45, 7) is -3.15. The average molecular weight is 587 g/mol. The van der Waals surface area contributed by atoms with Crippen molar-refractivity contribution in [2.75, 3.05) is 37.1 Å². The SMILES string of the molecule is O=C1COc2ccc([N+](=O)[O-])cc2OCC(=O)Nc2c(cc(F)c(F)c2F)OCCOc2cc(F)c(F)c(F)c2N1. The van der Waals surface area contributed by atoms with Crippen LogP contribution < -0.4 is 29.6 Å². The van der Waals surface area contributed by atoms with Crippen LogP contribution >= 0.6 is 0 Å². The molecular formula is C24H15F6N3O8. The second-order valence-electron chi connectivity index (χ2n) is 7.98. The first-order chi connectivity index (χ1) is 19.5. The smallest absolute Gasteiger partial charge is 0.273 e. The van der Waals surface area contributed by atoms with Crippen molar-refractivity contribution in [3.8, 4) is 23.0 Å². The maximum Gasteiger partial charge on any atom is 0.273 e. The van der Waals surface area contributed by atoms with Gasteiger partial charge in [0.1, 0.15) is 36.1 Å². The van der Waals surface area contributed by atoms with Crippen LogP contribution in [0.5, 0.6) is 23.0 Å². The van der Waals surface area contributed by atoms with Crippen molar-refractivity contribution in [3.05, 3.63) is 75.3 Å². The molecule has 2 amide bonds. The number of carbonyl (C=O) groups is 2. The lowest BCUT2D eigenvalue weighted by Crippen LogP contribution is -2.24. The van der Waals surface area contributed by atoms with Gasteiger partial charge in [-0.05, 0) is 6.07 Å². The minimum absolute atomic E-state index is 0.343. The Bertz CT molecular complexity index is 1550. The van der Waals surface area contributed by atoms with Gasteiger partial charge in [-0.15, -0.1) is 0 Å². The molecule has 1 aliphatic rings. The fraction of sp³-hybridized carbons (Fsp3) is 0.167. The molecule has 1 heterocycles. The van der Waals surface area contributed by atoms with Gasteiger partial charge in [0.2, 0.25) is 0 Å². The number of fused-ring (bicyclic) bond motifs is 3. The highest BCUT2D eigenvalue weighted by molar-refractivity contribution is 5.94. The zero-order valence-corrected chi connectivity index (χ0v) is 20.2. The summed E-state index contributed by atoms with van der Waals surface area (Å²) in [6.07, 6.45) is 0. The summed E-state index contributed by atoms with van der Waals surface area (Å²) in [5, 5.41) is 15.0. The molecule has 1 aliphatic heterocycles. The Kier molecular flexibility index (Phi) is 8.34. The van der Waals surface area contributed by atoms with E-state index in [1.54, 1.807) is 0 Å². The standard InChI is InChI=1S/C24H15F6N3O8/c25-11-6-15-23(21(29)19(11)27)31-17(34)8-40-13-2-1-10(33(36)37)5-14(13)41-9-18(35)32-24-16(39-4-3-38-15)7-12(26)20(28)22(24)30/h1-2,5-7H,3-4,8-9H2,(H,31,34)(H,32,35). The Morgan fingerprint density at radius 3 is 1.56 bits per heavy atom. The van der Waals surface area contributed by atoms with Crippen LogP contribution in [-0.2, 0) is 9.59 Å². The van der Waals surface area contributed by atoms with E-state index in [0.29, 0.717) is 12.1 Å². The lowest BCUT2D eigenvalue weighted by atomic mass is 10.2. The van der Waals surface area contributed by atoms with Gasteiger partial charge in [-0.1, -0.05) is 0 Å². The van der Waals surface area contributed by atoms with E-state index >= 15 is 0 Å². The molecule has 3 aromatic rings. The number of halogens is 6. The molecule has 2 N–H and O–H groups in total. The third-order valence-electron chi connectivity index (χ3n) is 5.24. The van der Waals surface area contributed by atoms with Crippen molar-refractivity contribution in [3.63, 3.8) is 0 Å². The number of nitrogens with one attached hydrogen (secondary N) is 2. The van der Waals surface area contributed by atoms with Gasteiger partial charge in [0, 0.05) is 18.2 Å². The van der Waals surface area contributed by atoms with Crippen LogP contribution in [0.2, 0.25) is 0 Å². The Hall–Kier alpha value is -5.22. The molecule has 0 fully saturated rings. The molecule has 0 saturated heterocycles. The second kappa shape index (κ2) is 11.9. The lowest BCUT2D eigenvalue weighted by Gasteiger charge is -2.18. The van der Waals surface area contributed by atoms with E-state index < -0.39 is 112 Å². The predicted molar refractivity (Wildman–Crippen MR) is 125 cm³/mol. The topological polar surface area (TPSA) is 138 Å². The molecule has 216 valence electrons. The van der Waals surface area contributed by atoms with E-state index in [4.69, 9.17) is 18.9 Å². The maximum absolute atomic E-state index is 14.5. The van der Waals surface area contributed by atoms with Gasteiger partial charge < -0.3 is 29.6 Å². The number of benzene rings is 3. The van der Waals surface area contributed by atoms with Crippen LogP contribution in [0.3, 0.4) is 0 Å². The molecule has 0 atom stereocenters. The molecule has 0 radical (unpaired) electrons. The third kappa shape index (κ3) is 6.34. The fourth-order valence-electron chi connectivity index (χ4n) is 3.39. The molecule has 0 aromatic heterocycles. The maximum atomic E-state index is 14.5. The number of nitro benzene ring substituents is 1.